The van der Waals surface area contributed by atoms with Crippen LogP contribution in [-0.2, 0) is 0 Å². The molecule has 2 aromatic rings. The molecule has 0 atom stereocenters. The molecule has 0 aliphatic carbocycles. The van der Waals surface area contributed by atoms with Crippen LogP contribution in [0.2, 0.25) is 0 Å². The lowest BCUT2D eigenvalue weighted by Crippen LogP contribution is -1.95. The normalized spacial score (nSPS) is 9.71. The first-order valence-corrected chi connectivity index (χ1v) is 6.36. The van der Waals surface area contributed by atoms with Crippen molar-refractivity contribution < 1.29 is 0 Å². The average Bonchev–Trinajstić information content (AvgIpc) is 2.34. The Hall–Kier alpha value is -1.38. The van der Waals surface area contributed by atoms with Gasteiger partial charge in [-0.2, -0.15) is 5.26 Å². The van der Waals surface area contributed by atoms with Gasteiger partial charge in [0.2, 0.25) is 0 Å². The minimum Gasteiger partial charge on any atom is -0.338 e. The zero-order chi connectivity index (χ0) is 12.3. The van der Waals surface area contributed by atoms with Crippen molar-refractivity contribution in [3.8, 4) is 6.07 Å². The smallest absolute Gasteiger partial charge is 0.131 e. The number of para-hydroxylation sites is 1. The number of nitriles is 1. The van der Waals surface area contributed by atoms with Gasteiger partial charge in [0.15, 0.2) is 0 Å². The van der Waals surface area contributed by atoms with E-state index >= 15 is 0 Å². The molecule has 0 saturated heterocycles. The number of nitrogens with zero attached hydrogens (tertiary/aromatic N) is 2. The van der Waals surface area contributed by atoms with Crippen LogP contribution in [0.15, 0.2) is 45.5 Å². The molecule has 84 valence electrons. The van der Waals surface area contributed by atoms with Crippen LogP contribution >= 0.6 is 31.9 Å². The Morgan fingerprint density at radius 3 is 2.53 bits per heavy atom. The van der Waals surface area contributed by atoms with Crippen molar-refractivity contribution >= 4 is 43.4 Å². The number of benzene rings is 1. The van der Waals surface area contributed by atoms with Gasteiger partial charge < -0.3 is 5.32 Å². The Bertz CT molecular complexity index is 570. The standard InChI is InChI=1S/C12H7Br2N3/c13-9-2-1-3-10(14)12(9)17-11-6-8(7-15)4-5-16-11/h1-6H,(H,16,17). The summed E-state index contributed by atoms with van der Waals surface area (Å²) in [7, 11) is 0. The molecule has 5 heteroatoms. The average molecular weight is 353 g/mol. The van der Waals surface area contributed by atoms with Gasteiger partial charge in [-0.25, -0.2) is 4.98 Å². The Balaban J connectivity index is 2.35. The molecule has 17 heavy (non-hydrogen) atoms. The van der Waals surface area contributed by atoms with Crippen molar-refractivity contribution in [3.63, 3.8) is 0 Å². The summed E-state index contributed by atoms with van der Waals surface area (Å²) in [6.07, 6.45) is 1.60. The van der Waals surface area contributed by atoms with Gasteiger partial charge in [-0.05, 0) is 56.1 Å². The fourth-order valence-corrected chi connectivity index (χ4v) is 2.51. The van der Waals surface area contributed by atoms with Crippen LogP contribution in [0, 0.1) is 11.3 Å². The van der Waals surface area contributed by atoms with Crippen molar-refractivity contribution in [2.45, 2.75) is 0 Å². The van der Waals surface area contributed by atoms with Gasteiger partial charge in [0.05, 0.1) is 17.3 Å². The second-order valence-electron chi connectivity index (χ2n) is 3.26. The molecule has 1 heterocycles. The lowest BCUT2D eigenvalue weighted by Gasteiger charge is -2.09. The van der Waals surface area contributed by atoms with Gasteiger partial charge in [-0.3, -0.25) is 0 Å². The molecule has 0 radical (unpaired) electrons. The van der Waals surface area contributed by atoms with Crippen LogP contribution in [0.25, 0.3) is 0 Å². The van der Waals surface area contributed by atoms with Crippen LogP contribution < -0.4 is 5.32 Å². The summed E-state index contributed by atoms with van der Waals surface area (Å²) < 4.78 is 1.85. The molecule has 1 N–H and O–H groups in total. The molecule has 0 aliphatic heterocycles. The maximum absolute atomic E-state index is 8.81. The van der Waals surface area contributed by atoms with Gasteiger partial charge in [0.1, 0.15) is 5.82 Å². The van der Waals surface area contributed by atoms with Crippen LogP contribution in [-0.4, -0.2) is 4.98 Å². The zero-order valence-electron chi connectivity index (χ0n) is 8.61. The lowest BCUT2D eigenvalue weighted by atomic mass is 10.2. The fourth-order valence-electron chi connectivity index (χ4n) is 1.31. The molecule has 0 unspecified atom stereocenters. The second-order valence-corrected chi connectivity index (χ2v) is 4.97. The summed E-state index contributed by atoms with van der Waals surface area (Å²) in [5.74, 6) is 0.636. The summed E-state index contributed by atoms with van der Waals surface area (Å²) in [6.45, 7) is 0. The molecule has 0 amide bonds. The summed E-state index contributed by atoms with van der Waals surface area (Å²) in [5, 5.41) is 12.0. The minimum atomic E-state index is 0.575. The molecule has 0 bridgehead atoms. The molecular weight excluding hydrogens is 346 g/mol. The Morgan fingerprint density at radius 2 is 1.88 bits per heavy atom. The van der Waals surface area contributed by atoms with Crippen molar-refractivity contribution in [2.24, 2.45) is 0 Å². The van der Waals surface area contributed by atoms with E-state index in [9.17, 15) is 0 Å². The molecule has 0 spiro atoms. The highest BCUT2D eigenvalue weighted by atomic mass is 79.9. The van der Waals surface area contributed by atoms with E-state index < -0.39 is 0 Å². The number of aromatic nitrogens is 1. The molecule has 1 aromatic heterocycles. The highest BCUT2D eigenvalue weighted by molar-refractivity contribution is 9.11. The SMILES string of the molecule is N#Cc1ccnc(Nc2c(Br)cccc2Br)c1. The quantitative estimate of drug-likeness (QED) is 0.880. The van der Waals surface area contributed by atoms with Crippen LogP contribution in [0.5, 0.6) is 0 Å². The monoisotopic (exact) mass is 351 g/mol. The number of rotatable bonds is 2. The Morgan fingerprint density at radius 1 is 1.18 bits per heavy atom. The molecular formula is C12H7Br2N3. The summed E-state index contributed by atoms with van der Waals surface area (Å²) in [6, 6.07) is 11.2. The first kappa shape index (κ1) is 12.1. The number of hydrogen-bond acceptors (Lipinski definition) is 3. The van der Waals surface area contributed by atoms with E-state index in [1.807, 2.05) is 18.2 Å². The molecule has 3 nitrogen and oxygen atoms in total. The van der Waals surface area contributed by atoms with E-state index in [0.29, 0.717) is 11.4 Å². The van der Waals surface area contributed by atoms with Gasteiger partial charge >= 0.3 is 0 Å². The van der Waals surface area contributed by atoms with Crippen molar-refractivity contribution in [3.05, 3.63) is 51.0 Å². The second kappa shape index (κ2) is 5.30. The number of anilines is 2. The lowest BCUT2D eigenvalue weighted by molar-refractivity contribution is 1.29. The maximum atomic E-state index is 8.81. The van der Waals surface area contributed by atoms with E-state index in [0.717, 1.165) is 14.6 Å². The summed E-state index contributed by atoms with van der Waals surface area (Å²) in [5.41, 5.74) is 1.46. The molecule has 0 fully saturated rings. The Labute approximate surface area is 116 Å². The van der Waals surface area contributed by atoms with E-state index in [4.69, 9.17) is 5.26 Å². The largest absolute Gasteiger partial charge is 0.338 e. The van der Waals surface area contributed by atoms with E-state index in [2.05, 4.69) is 48.2 Å². The Kier molecular flexibility index (Phi) is 3.77. The van der Waals surface area contributed by atoms with Crippen molar-refractivity contribution in [1.29, 1.82) is 5.26 Å². The predicted octanol–water partition coefficient (Wildman–Crippen LogP) is 4.22. The zero-order valence-corrected chi connectivity index (χ0v) is 11.8. The van der Waals surface area contributed by atoms with E-state index in [-0.39, 0.29) is 0 Å². The molecule has 1 aromatic carbocycles. The highest BCUT2D eigenvalue weighted by Gasteiger charge is 2.05. The first-order chi connectivity index (χ1) is 8.20. The van der Waals surface area contributed by atoms with Crippen LogP contribution in [0.4, 0.5) is 11.5 Å². The third-order valence-corrected chi connectivity index (χ3v) is 3.43. The van der Waals surface area contributed by atoms with E-state index in [1.54, 1.807) is 18.3 Å². The van der Waals surface area contributed by atoms with Crippen LogP contribution in [0.1, 0.15) is 5.56 Å². The van der Waals surface area contributed by atoms with Crippen LogP contribution in [0.3, 0.4) is 0 Å². The molecule has 0 aliphatic rings. The van der Waals surface area contributed by atoms with Gasteiger partial charge in [-0.1, -0.05) is 6.07 Å². The predicted molar refractivity (Wildman–Crippen MR) is 74.1 cm³/mol. The van der Waals surface area contributed by atoms with Gasteiger partial charge in [0.25, 0.3) is 0 Å². The van der Waals surface area contributed by atoms with Crippen molar-refractivity contribution in [1.82, 2.24) is 4.98 Å². The highest BCUT2D eigenvalue weighted by Crippen LogP contribution is 2.32. The number of halogens is 2. The minimum absolute atomic E-state index is 0.575. The summed E-state index contributed by atoms with van der Waals surface area (Å²) in [4.78, 5) is 4.16. The van der Waals surface area contributed by atoms with Crippen molar-refractivity contribution in [2.75, 3.05) is 5.32 Å². The van der Waals surface area contributed by atoms with E-state index in [1.165, 1.54) is 0 Å². The molecule has 2 rings (SSSR count). The number of nitrogens with one attached hydrogen (secondary N) is 1. The fraction of sp³-hybridized carbons (Fsp3) is 0. The number of hydrogen-bond donors (Lipinski definition) is 1. The third-order valence-electron chi connectivity index (χ3n) is 2.10. The summed E-state index contributed by atoms with van der Waals surface area (Å²) >= 11 is 6.91. The van der Waals surface area contributed by atoms with Gasteiger partial charge in [0, 0.05) is 15.1 Å². The molecule has 0 saturated carbocycles. The topological polar surface area (TPSA) is 48.7 Å². The number of pyridine rings is 1. The van der Waals surface area contributed by atoms with Gasteiger partial charge in [-0.15, -0.1) is 0 Å². The first-order valence-electron chi connectivity index (χ1n) is 4.78. The maximum Gasteiger partial charge on any atom is 0.131 e. The third kappa shape index (κ3) is 2.84.